The summed E-state index contributed by atoms with van der Waals surface area (Å²) in [4.78, 5) is 14.9. The van der Waals surface area contributed by atoms with E-state index in [1.165, 1.54) is 22.9 Å². The van der Waals surface area contributed by atoms with Crippen LogP contribution in [-0.2, 0) is 6.42 Å². The number of aromatic nitrogens is 2. The highest BCUT2D eigenvalue weighted by Gasteiger charge is 2.45. The number of benzene rings is 2. The second kappa shape index (κ2) is 7.84. The number of fused-ring (bicyclic) bond motifs is 2. The zero-order chi connectivity index (χ0) is 21.5. The van der Waals surface area contributed by atoms with E-state index in [9.17, 15) is 4.79 Å². The summed E-state index contributed by atoms with van der Waals surface area (Å²) in [6, 6.07) is 20.1. The standard InChI is InChI=1S/C27H29N3O/c1-4-20-10-8-13-22(16-20)25(21-11-6-5-7-12-21)27-23-14-9-15-29(23)19(3)26-18(2)24(31)17-28-30(26)27/h5-8,10-13,16-17,23,25,27H,3-4,9,14-15H2,1-2H3. The largest absolute Gasteiger partial charge is 0.365 e. The molecule has 1 fully saturated rings. The molecule has 0 aliphatic carbocycles. The molecule has 3 atom stereocenters. The van der Waals surface area contributed by atoms with Crippen LogP contribution >= 0.6 is 0 Å². The molecule has 0 radical (unpaired) electrons. The third kappa shape index (κ3) is 3.21. The van der Waals surface area contributed by atoms with Gasteiger partial charge in [0.15, 0.2) is 0 Å². The summed E-state index contributed by atoms with van der Waals surface area (Å²) >= 11 is 0. The number of nitrogens with zero attached hydrogens (tertiary/aromatic N) is 3. The Morgan fingerprint density at radius 3 is 2.68 bits per heavy atom. The van der Waals surface area contributed by atoms with E-state index < -0.39 is 0 Å². The van der Waals surface area contributed by atoms with E-state index in [2.05, 4.69) is 77.7 Å². The number of hydrogen-bond acceptors (Lipinski definition) is 3. The molecule has 4 heteroatoms. The van der Waals surface area contributed by atoms with Gasteiger partial charge < -0.3 is 4.90 Å². The van der Waals surface area contributed by atoms with Crippen molar-refractivity contribution in [1.82, 2.24) is 14.7 Å². The molecule has 4 nitrogen and oxygen atoms in total. The number of rotatable bonds is 4. The molecule has 0 N–H and O–H groups in total. The van der Waals surface area contributed by atoms with Crippen LogP contribution in [0.15, 0.2) is 72.2 Å². The van der Waals surface area contributed by atoms with E-state index in [0.717, 1.165) is 42.8 Å². The van der Waals surface area contributed by atoms with Crippen molar-refractivity contribution in [3.63, 3.8) is 0 Å². The summed E-state index contributed by atoms with van der Waals surface area (Å²) in [5.74, 6) is 0.138. The monoisotopic (exact) mass is 411 g/mol. The average Bonchev–Trinajstić information content (AvgIpc) is 3.29. The Balaban J connectivity index is 1.77. The van der Waals surface area contributed by atoms with Gasteiger partial charge in [0.2, 0.25) is 5.43 Å². The third-order valence-corrected chi connectivity index (χ3v) is 7.07. The molecule has 3 unspecified atom stereocenters. The van der Waals surface area contributed by atoms with Crippen molar-refractivity contribution in [2.24, 2.45) is 0 Å². The molecule has 31 heavy (non-hydrogen) atoms. The zero-order valence-electron chi connectivity index (χ0n) is 18.3. The SMILES string of the molecule is C=C1c2c(C)c(=O)cnn2C(C(c2ccccc2)c2cccc(CC)c2)C2CCCN12. The van der Waals surface area contributed by atoms with E-state index in [-0.39, 0.29) is 17.4 Å². The lowest BCUT2D eigenvalue weighted by Crippen LogP contribution is -2.46. The van der Waals surface area contributed by atoms with Crippen LogP contribution in [0.5, 0.6) is 0 Å². The highest BCUT2D eigenvalue weighted by Crippen LogP contribution is 2.47. The van der Waals surface area contributed by atoms with Gasteiger partial charge in [-0.2, -0.15) is 5.10 Å². The molecular weight excluding hydrogens is 382 g/mol. The fraction of sp³-hybridized carbons (Fsp3) is 0.333. The molecule has 158 valence electrons. The molecule has 2 aromatic carbocycles. The Kier molecular flexibility index (Phi) is 5.01. The predicted octanol–water partition coefficient (Wildman–Crippen LogP) is 4.94. The molecule has 1 saturated heterocycles. The summed E-state index contributed by atoms with van der Waals surface area (Å²) in [6.07, 6.45) is 4.72. The van der Waals surface area contributed by atoms with Gasteiger partial charge >= 0.3 is 0 Å². The molecule has 0 saturated carbocycles. The maximum atomic E-state index is 12.5. The Morgan fingerprint density at radius 1 is 1.13 bits per heavy atom. The van der Waals surface area contributed by atoms with Crippen LogP contribution in [0.3, 0.4) is 0 Å². The highest BCUT2D eigenvalue weighted by atomic mass is 16.1. The summed E-state index contributed by atoms with van der Waals surface area (Å²) < 4.78 is 2.11. The quantitative estimate of drug-likeness (QED) is 0.611. The zero-order valence-corrected chi connectivity index (χ0v) is 18.3. The minimum atomic E-state index is -0.0203. The fourth-order valence-electron chi connectivity index (χ4n) is 5.53. The van der Waals surface area contributed by atoms with Gasteiger partial charge in [-0.05, 0) is 42.9 Å². The van der Waals surface area contributed by atoms with Crippen LogP contribution in [0, 0.1) is 6.92 Å². The molecule has 1 aromatic heterocycles. The maximum Gasteiger partial charge on any atom is 0.203 e. The average molecular weight is 412 g/mol. The van der Waals surface area contributed by atoms with Gasteiger partial charge in [0.1, 0.15) is 0 Å². The van der Waals surface area contributed by atoms with Crippen LogP contribution in [0.1, 0.15) is 59.7 Å². The summed E-state index contributed by atoms with van der Waals surface area (Å²) in [5, 5.41) is 4.70. The number of hydrogen-bond donors (Lipinski definition) is 0. The second-order valence-corrected chi connectivity index (χ2v) is 8.75. The lowest BCUT2D eigenvalue weighted by Gasteiger charge is -2.45. The molecule has 3 aromatic rings. The van der Waals surface area contributed by atoms with E-state index in [0.29, 0.717) is 6.04 Å². The van der Waals surface area contributed by atoms with Gasteiger partial charge in [-0.1, -0.05) is 68.1 Å². The fourth-order valence-corrected chi connectivity index (χ4v) is 5.53. The van der Waals surface area contributed by atoms with Crippen LogP contribution in [0.4, 0.5) is 0 Å². The van der Waals surface area contributed by atoms with Crippen LogP contribution in [-0.4, -0.2) is 27.3 Å². The van der Waals surface area contributed by atoms with Gasteiger partial charge in [-0.25, -0.2) is 0 Å². The third-order valence-electron chi connectivity index (χ3n) is 7.07. The van der Waals surface area contributed by atoms with Gasteiger partial charge in [0.05, 0.1) is 29.7 Å². The van der Waals surface area contributed by atoms with Crippen molar-refractivity contribution < 1.29 is 0 Å². The van der Waals surface area contributed by atoms with Crippen molar-refractivity contribution >= 4 is 5.70 Å². The van der Waals surface area contributed by atoms with Crippen LogP contribution in [0.2, 0.25) is 0 Å². The molecule has 3 heterocycles. The Morgan fingerprint density at radius 2 is 1.90 bits per heavy atom. The van der Waals surface area contributed by atoms with Crippen molar-refractivity contribution in [3.05, 3.63) is 106 Å². The Hall–Kier alpha value is -3.14. The molecule has 5 rings (SSSR count). The van der Waals surface area contributed by atoms with Gasteiger partial charge in [0, 0.05) is 18.0 Å². The molecule has 2 aliphatic rings. The minimum Gasteiger partial charge on any atom is -0.365 e. The predicted molar refractivity (Wildman–Crippen MR) is 125 cm³/mol. The number of aryl methyl sites for hydroxylation is 1. The van der Waals surface area contributed by atoms with Gasteiger partial charge in [0.25, 0.3) is 0 Å². The maximum absolute atomic E-state index is 12.5. The normalized spacial score (nSPS) is 21.0. The van der Waals surface area contributed by atoms with E-state index in [4.69, 9.17) is 5.10 Å². The van der Waals surface area contributed by atoms with Gasteiger partial charge in [-0.3, -0.25) is 9.48 Å². The van der Waals surface area contributed by atoms with E-state index in [1.807, 2.05) is 6.92 Å². The highest BCUT2D eigenvalue weighted by molar-refractivity contribution is 5.64. The van der Waals surface area contributed by atoms with Crippen molar-refractivity contribution in [1.29, 1.82) is 0 Å². The molecule has 0 spiro atoms. The van der Waals surface area contributed by atoms with E-state index in [1.54, 1.807) is 0 Å². The van der Waals surface area contributed by atoms with Crippen molar-refractivity contribution in [2.45, 2.75) is 51.1 Å². The summed E-state index contributed by atoms with van der Waals surface area (Å²) in [6.45, 7) is 9.48. The molecule has 2 aliphatic heterocycles. The topological polar surface area (TPSA) is 38.1 Å². The van der Waals surface area contributed by atoms with Crippen LogP contribution < -0.4 is 5.43 Å². The van der Waals surface area contributed by atoms with Crippen molar-refractivity contribution in [2.75, 3.05) is 6.54 Å². The first-order valence-corrected chi connectivity index (χ1v) is 11.3. The first-order chi connectivity index (χ1) is 15.1. The lowest BCUT2D eigenvalue weighted by molar-refractivity contribution is 0.204. The minimum absolute atomic E-state index is 0.0203. The van der Waals surface area contributed by atoms with Crippen LogP contribution in [0.25, 0.3) is 5.70 Å². The second-order valence-electron chi connectivity index (χ2n) is 8.75. The Bertz CT molecular complexity index is 1180. The van der Waals surface area contributed by atoms with E-state index >= 15 is 0 Å². The van der Waals surface area contributed by atoms with Gasteiger partial charge in [-0.15, -0.1) is 0 Å². The molecule has 0 amide bonds. The summed E-state index contributed by atoms with van der Waals surface area (Å²) in [5.41, 5.74) is 6.48. The lowest BCUT2D eigenvalue weighted by atomic mass is 9.79. The summed E-state index contributed by atoms with van der Waals surface area (Å²) in [7, 11) is 0. The smallest absolute Gasteiger partial charge is 0.203 e. The Labute approximate surface area is 183 Å². The van der Waals surface area contributed by atoms with Crippen molar-refractivity contribution in [3.8, 4) is 0 Å². The molecule has 0 bridgehead atoms. The first-order valence-electron chi connectivity index (χ1n) is 11.3. The first kappa shape index (κ1) is 19.8. The molecular formula is C27H29N3O.